The lowest BCUT2D eigenvalue weighted by atomic mass is 10.00. The molecule has 0 saturated carbocycles. The zero-order valence-corrected chi connectivity index (χ0v) is 16.9. The van der Waals surface area contributed by atoms with Crippen LogP contribution in [0.5, 0.6) is 0 Å². The van der Waals surface area contributed by atoms with E-state index in [4.69, 9.17) is 0 Å². The van der Waals surface area contributed by atoms with Crippen LogP contribution in [0.2, 0.25) is 0 Å². The standard InChI is InChI=1S/C21H23N9O/c31-16(12-30-8-5-14-3-1-2-4-15(14)11-30)9-24-21-18-19(28-29-21)20(26-13-25-18)27-17-10-22-6-7-23-17/h1-4,6-7,10,13,16,31H,5,8-9,11-12H2,(H2,24,28,29)(H,23,25,26,27)/t16-/m1/s1. The summed E-state index contributed by atoms with van der Waals surface area (Å²) in [7, 11) is 0. The van der Waals surface area contributed by atoms with Crippen LogP contribution in [0, 0.1) is 0 Å². The molecular formula is C21H23N9O. The molecule has 5 rings (SSSR count). The minimum Gasteiger partial charge on any atom is -0.390 e. The van der Waals surface area contributed by atoms with Crippen LogP contribution in [0.15, 0.2) is 49.2 Å². The van der Waals surface area contributed by atoms with E-state index in [9.17, 15) is 5.11 Å². The number of nitrogens with zero attached hydrogens (tertiary/aromatic N) is 6. The normalized spacial score (nSPS) is 14.9. The van der Waals surface area contributed by atoms with E-state index < -0.39 is 6.10 Å². The lowest BCUT2D eigenvalue weighted by Gasteiger charge is -2.30. The number of hydrogen-bond donors (Lipinski definition) is 4. The second kappa shape index (κ2) is 8.62. The molecule has 0 spiro atoms. The molecule has 0 unspecified atom stereocenters. The Morgan fingerprint density at radius 1 is 1.10 bits per heavy atom. The van der Waals surface area contributed by atoms with Crippen LogP contribution in [0.1, 0.15) is 11.1 Å². The molecule has 4 aromatic rings. The number of benzene rings is 1. The summed E-state index contributed by atoms with van der Waals surface area (Å²) in [5, 5.41) is 24.1. The van der Waals surface area contributed by atoms with Crippen LogP contribution in [-0.2, 0) is 13.0 Å². The summed E-state index contributed by atoms with van der Waals surface area (Å²) < 4.78 is 0. The van der Waals surface area contributed by atoms with Gasteiger partial charge in [0, 0.05) is 38.6 Å². The smallest absolute Gasteiger partial charge is 0.174 e. The largest absolute Gasteiger partial charge is 0.390 e. The Labute approximate surface area is 178 Å². The van der Waals surface area contributed by atoms with Crippen LogP contribution in [0.4, 0.5) is 17.5 Å². The summed E-state index contributed by atoms with van der Waals surface area (Å²) in [6, 6.07) is 8.49. The molecular weight excluding hydrogens is 394 g/mol. The molecule has 158 valence electrons. The highest BCUT2D eigenvalue weighted by Crippen LogP contribution is 2.24. The van der Waals surface area contributed by atoms with Gasteiger partial charge in [0.2, 0.25) is 0 Å². The molecule has 0 aliphatic carbocycles. The fourth-order valence-corrected chi connectivity index (χ4v) is 3.83. The number of hydrogen-bond acceptors (Lipinski definition) is 9. The van der Waals surface area contributed by atoms with Crippen LogP contribution < -0.4 is 10.6 Å². The quantitative estimate of drug-likeness (QED) is 0.355. The zero-order valence-electron chi connectivity index (χ0n) is 16.9. The molecule has 31 heavy (non-hydrogen) atoms. The molecule has 1 aliphatic heterocycles. The number of rotatable bonds is 7. The third-order valence-corrected chi connectivity index (χ3v) is 5.34. The molecule has 4 heterocycles. The number of aliphatic hydroxyl groups is 1. The number of nitrogens with one attached hydrogen (secondary N) is 3. The Morgan fingerprint density at radius 2 is 2.00 bits per heavy atom. The minimum atomic E-state index is -0.531. The van der Waals surface area contributed by atoms with E-state index in [1.807, 2.05) is 0 Å². The van der Waals surface area contributed by atoms with Gasteiger partial charge in [0.05, 0.1) is 12.3 Å². The van der Waals surface area contributed by atoms with Crippen LogP contribution in [0.3, 0.4) is 0 Å². The molecule has 1 aromatic carbocycles. The number of β-amino-alcohol motifs (C(OH)–C–C–N with tert-alkyl or cyclic N) is 1. The van der Waals surface area contributed by atoms with E-state index in [0.29, 0.717) is 41.6 Å². The highest BCUT2D eigenvalue weighted by Gasteiger charge is 2.19. The van der Waals surface area contributed by atoms with Gasteiger partial charge in [-0.15, -0.1) is 0 Å². The molecule has 3 aromatic heterocycles. The minimum absolute atomic E-state index is 0.370. The second-order valence-corrected chi connectivity index (χ2v) is 7.52. The van der Waals surface area contributed by atoms with Crippen molar-refractivity contribution in [2.75, 3.05) is 30.3 Å². The van der Waals surface area contributed by atoms with Gasteiger partial charge in [0.15, 0.2) is 11.6 Å². The monoisotopic (exact) mass is 417 g/mol. The number of fused-ring (bicyclic) bond motifs is 2. The fourth-order valence-electron chi connectivity index (χ4n) is 3.83. The van der Waals surface area contributed by atoms with E-state index in [2.05, 4.69) is 69.9 Å². The Kier molecular flexibility index (Phi) is 5.38. The van der Waals surface area contributed by atoms with Crippen molar-refractivity contribution in [2.24, 2.45) is 0 Å². The van der Waals surface area contributed by atoms with Gasteiger partial charge in [-0.25, -0.2) is 15.0 Å². The first-order chi connectivity index (χ1) is 15.3. The molecule has 1 atom stereocenters. The van der Waals surface area contributed by atoms with Crippen LogP contribution in [0.25, 0.3) is 11.0 Å². The predicted molar refractivity (Wildman–Crippen MR) is 117 cm³/mol. The summed E-state index contributed by atoms with van der Waals surface area (Å²) in [5.74, 6) is 1.70. The van der Waals surface area contributed by atoms with Crippen molar-refractivity contribution in [3.05, 3.63) is 60.3 Å². The van der Waals surface area contributed by atoms with E-state index >= 15 is 0 Å². The molecule has 4 N–H and O–H groups in total. The van der Waals surface area contributed by atoms with Crippen molar-refractivity contribution in [1.82, 2.24) is 35.0 Å². The first-order valence-electron chi connectivity index (χ1n) is 10.2. The van der Waals surface area contributed by atoms with Crippen molar-refractivity contribution in [3.8, 4) is 0 Å². The highest BCUT2D eigenvalue weighted by molar-refractivity contribution is 5.93. The summed E-state index contributed by atoms with van der Waals surface area (Å²) in [5.41, 5.74) is 4.03. The second-order valence-electron chi connectivity index (χ2n) is 7.52. The van der Waals surface area contributed by atoms with Gasteiger partial charge in [-0.1, -0.05) is 24.3 Å². The highest BCUT2D eigenvalue weighted by atomic mass is 16.3. The molecule has 0 fully saturated rings. The van der Waals surface area contributed by atoms with Gasteiger partial charge in [0.1, 0.15) is 23.2 Å². The molecule has 0 bridgehead atoms. The molecule has 0 amide bonds. The maximum atomic E-state index is 10.6. The SMILES string of the molecule is O[C@H](CNc1n[nH]c2c(Nc3cnccn3)ncnc12)CN1CCc2ccccc2C1. The van der Waals surface area contributed by atoms with Gasteiger partial charge >= 0.3 is 0 Å². The van der Waals surface area contributed by atoms with E-state index in [1.165, 1.54) is 17.5 Å². The fraction of sp³-hybridized carbons (Fsp3) is 0.286. The maximum absolute atomic E-state index is 10.6. The Balaban J connectivity index is 1.22. The number of aliphatic hydroxyl groups excluding tert-OH is 1. The van der Waals surface area contributed by atoms with Crippen molar-refractivity contribution < 1.29 is 5.11 Å². The Bertz CT molecular complexity index is 1160. The predicted octanol–water partition coefficient (Wildman–Crippen LogP) is 1.72. The first kappa shape index (κ1) is 19.3. The summed E-state index contributed by atoms with van der Waals surface area (Å²) in [4.78, 5) is 19.1. The number of aromatic amines is 1. The molecule has 0 saturated heterocycles. The third-order valence-electron chi connectivity index (χ3n) is 5.34. The van der Waals surface area contributed by atoms with Gasteiger partial charge in [-0.2, -0.15) is 5.10 Å². The lowest BCUT2D eigenvalue weighted by Crippen LogP contribution is -2.39. The van der Waals surface area contributed by atoms with Crippen molar-refractivity contribution in [3.63, 3.8) is 0 Å². The zero-order chi connectivity index (χ0) is 21.0. The third kappa shape index (κ3) is 4.30. The molecule has 10 heteroatoms. The average molecular weight is 417 g/mol. The first-order valence-corrected chi connectivity index (χ1v) is 10.2. The number of aromatic nitrogens is 6. The van der Waals surface area contributed by atoms with E-state index in [0.717, 1.165) is 19.5 Å². The van der Waals surface area contributed by atoms with Crippen molar-refractivity contribution in [2.45, 2.75) is 19.1 Å². The lowest BCUT2D eigenvalue weighted by molar-refractivity contribution is 0.114. The van der Waals surface area contributed by atoms with Crippen molar-refractivity contribution >= 4 is 28.5 Å². The Hall–Kier alpha value is -3.63. The van der Waals surface area contributed by atoms with Crippen molar-refractivity contribution in [1.29, 1.82) is 0 Å². The number of H-pyrrole nitrogens is 1. The van der Waals surface area contributed by atoms with Crippen LogP contribution >= 0.6 is 0 Å². The molecule has 1 aliphatic rings. The molecule has 0 radical (unpaired) electrons. The number of anilines is 3. The summed E-state index contributed by atoms with van der Waals surface area (Å²) in [6.07, 6.45) is 6.76. The average Bonchev–Trinajstić information content (AvgIpc) is 3.22. The Morgan fingerprint density at radius 3 is 2.87 bits per heavy atom. The van der Waals surface area contributed by atoms with E-state index in [1.54, 1.807) is 18.6 Å². The van der Waals surface area contributed by atoms with Gasteiger partial charge in [0.25, 0.3) is 0 Å². The summed E-state index contributed by atoms with van der Waals surface area (Å²) in [6.45, 7) is 2.78. The van der Waals surface area contributed by atoms with Gasteiger partial charge in [-0.3, -0.25) is 15.0 Å². The summed E-state index contributed by atoms with van der Waals surface area (Å²) >= 11 is 0. The van der Waals surface area contributed by atoms with E-state index in [-0.39, 0.29) is 0 Å². The maximum Gasteiger partial charge on any atom is 0.174 e. The molecule has 10 nitrogen and oxygen atoms in total. The van der Waals surface area contributed by atoms with Gasteiger partial charge < -0.3 is 15.7 Å². The topological polar surface area (TPSA) is 128 Å². The van der Waals surface area contributed by atoms with Crippen LogP contribution in [-0.4, -0.2) is 65.9 Å². The van der Waals surface area contributed by atoms with Gasteiger partial charge in [-0.05, 0) is 17.5 Å².